The Morgan fingerprint density at radius 2 is 1.81 bits per heavy atom. The summed E-state index contributed by atoms with van der Waals surface area (Å²) in [4.78, 5) is 11.3. The van der Waals surface area contributed by atoms with Gasteiger partial charge in [-0.3, -0.25) is 0 Å². The maximum absolute atomic E-state index is 11.3. The van der Waals surface area contributed by atoms with Crippen LogP contribution in [0, 0.1) is 11.8 Å². The third-order valence-electron chi connectivity index (χ3n) is 4.58. The number of hydrogen-bond acceptors (Lipinski definition) is 2. The lowest BCUT2D eigenvalue weighted by molar-refractivity contribution is -0.114. The monoisotopic (exact) mass is 310 g/mol. The van der Waals surface area contributed by atoms with Crippen LogP contribution in [0.3, 0.4) is 0 Å². The zero-order chi connectivity index (χ0) is 16.8. The standard InChI is InChI=1S/C18H34O2Si/c1-10-11-14(2)12-15(3)17(16(4)13-19)20-21(8,9)18(5,6)7/h10-11,13,15-17H,1,12H2,2-9H3/b14-11+/t15-,16+,17-/m0/s1. The summed E-state index contributed by atoms with van der Waals surface area (Å²) in [6, 6.07) is 0. The average molecular weight is 311 g/mol. The third-order valence-corrected chi connectivity index (χ3v) is 9.05. The van der Waals surface area contributed by atoms with Crippen LogP contribution in [0.25, 0.3) is 0 Å². The van der Waals surface area contributed by atoms with Gasteiger partial charge in [0.2, 0.25) is 0 Å². The molecular formula is C18H34O2Si. The molecule has 2 nitrogen and oxygen atoms in total. The van der Waals surface area contributed by atoms with Gasteiger partial charge in [-0.05, 0) is 37.4 Å². The molecule has 0 radical (unpaired) electrons. The van der Waals surface area contributed by atoms with Gasteiger partial charge in [0.05, 0.1) is 6.10 Å². The molecule has 0 bridgehead atoms. The number of allylic oxidation sites excluding steroid dienone is 3. The lowest BCUT2D eigenvalue weighted by atomic mass is 9.89. The van der Waals surface area contributed by atoms with E-state index in [1.807, 2.05) is 19.1 Å². The molecule has 0 unspecified atom stereocenters. The van der Waals surface area contributed by atoms with Crippen LogP contribution >= 0.6 is 0 Å². The minimum Gasteiger partial charge on any atom is -0.413 e. The largest absolute Gasteiger partial charge is 0.413 e. The van der Waals surface area contributed by atoms with Crippen molar-refractivity contribution in [3.05, 3.63) is 24.3 Å². The van der Waals surface area contributed by atoms with E-state index in [-0.39, 0.29) is 17.1 Å². The van der Waals surface area contributed by atoms with Crippen molar-refractivity contribution >= 4 is 14.6 Å². The van der Waals surface area contributed by atoms with Gasteiger partial charge < -0.3 is 9.22 Å². The van der Waals surface area contributed by atoms with Gasteiger partial charge in [-0.2, -0.15) is 0 Å². The van der Waals surface area contributed by atoms with E-state index in [0.29, 0.717) is 5.92 Å². The maximum atomic E-state index is 11.3. The topological polar surface area (TPSA) is 26.3 Å². The van der Waals surface area contributed by atoms with E-state index in [0.717, 1.165) is 12.7 Å². The van der Waals surface area contributed by atoms with Crippen LogP contribution in [-0.4, -0.2) is 20.7 Å². The molecule has 0 aliphatic heterocycles. The second-order valence-corrected chi connectivity index (χ2v) is 12.5. The molecule has 0 fully saturated rings. The van der Waals surface area contributed by atoms with Crippen LogP contribution in [-0.2, 0) is 9.22 Å². The van der Waals surface area contributed by atoms with Crippen molar-refractivity contribution in [1.29, 1.82) is 0 Å². The molecule has 0 aromatic rings. The van der Waals surface area contributed by atoms with Crippen LogP contribution in [0.15, 0.2) is 24.3 Å². The van der Waals surface area contributed by atoms with Crippen molar-refractivity contribution in [3.63, 3.8) is 0 Å². The average Bonchev–Trinajstić information content (AvgIpc) is 2.33. The van der Waals surface area contributed by atoms with Crippen molar-refractivity contribution in [2.45, 2.75) is 72.2 Å². The molecule has 0 spiro atoms. The van der Waals surface area contributed by atoms with Crippen molar-refractivity contribution < 1.29 is 9.22 Å². The normalized spacial score (nSPS) is 18.0. The van der Waals surface area contributed by atoms with Gasteiger partial charge in [-0.15, -0.1) is 0 Å². The summed E-state index contributed by atoms with van der Waals surface area (Å²) < 4.78 is 6.55. The molecule has 0 saturated heterocycles. The Hall–Kier alpha value is -0.673. The van der Waals surface area contributed by atoms with Crippen molar-refractivity contribution in [2.24, 2.45) is 11.8 Å². The zero-order valence-electron chi connectivity index (χ0n) is 15.2. The fourth-order valence-electron chi connectivity index (χ4n) is 2.23. The third kappa shape index (κ3) is 6.31. The molecule has 0 aromatic carbocycles. The second-order valence-electron chi connectivity index (χ2n) is 7.77. The van der Waals surface area contributed by atoms with Crippen LogP contribution in [0.4, 0.5) is 0 Å². The van der Waals surface area contributed by atoms with Gasteiger partial charge in [-0.25, -0.2) is 0 Å². The van der Waals surface area contributed by atoms with Gasteiger partial charge in [0, 0.05) is 5.92 Å². The highest BCUT2D eigenvalue weighted by molar-refractivity contribution is 6.74. The molecule has 122 valence electrons. The minimum absolute atomic E-state index is 0.0171. The van der Waals surface area contributed by atoms with Crippen LogP contribution in [0.1, 0.15) is 48.0 Å². The molecule has 0 N–H and O–H groups in total. The van der Waals surface area contributed by atoms with Gasteiger partial charge >= 0.3 is 0 Å². The molecular weight excluding hydrogens is 276 g/mol. The Balaban J connectivity index is 5.18. The molecule has 3 heteroatoms. The summed E-state index contributed by atoms with van der Waals surface area (Å²) in [5, 5.41) is 0.152. The van der Waals surface area contributed by atoms with Crippen LogP contribution in [0.2, 0.25) is 18.1 Å². The number of carbonyl (C=O) groups excluding carboxylic acids is 1. The van der Waals surface area contributed by atoms with E-state index in [4.69, 9.17) is 4.43 Å². The number of rotatable bonds is 8. The summed E-state index contributed by atoms with van der Waals surface area (Å²) in [5.41, 5.74) is 1.28. The summed E-state index contributed by atoms with van der Waals surface area (Å²) in [6.45, 7) is 21.2. The van der Waals surface area contributed by atoms with Crippen molar-refractivity contribution in [3.8, 4) is 0 Å². The second kappa shape index (κ2) is 8.09. The first-order valence-corrected chi connectivity index (χ1v) is 10.8. The summed E-state index contributed by atoms with van der Waals surface area (Å²) in [7, 11) is -1.88. The Labute approximate surface area is 132 Å². The van der Waals surface area contributed by atoms with E-state index in [2.05, 4.69) is 54.3 Å². The van der Waals surface area contributed by atoms with Crippen LogP contribution in [0.5, 0.6) is 0 Å². The molecule has 0 aromatic heterocycles. The summed E-state index contributed by atoms with van der Waals surface area (Å²) in [6.07, 6.45) is 5.79. The first-order valence-electron chi connectivity index (χ1n) is 7.87. The molecule has 3 atom stereocenters. The summed E-state index contributed by atoms with van der Waals surface area (Å²) in [5.74, 6) is 0.237. The Bertz CT molecular complexity index is 377. The van der Waals surface area contributed by atoms with Gasteiger partial charge in [0.1, 0.15) is 6.29 Å². The molecule has 0 rings (SSSR count). The minimum atomic E-state index is -1.88. The molecule has 0 aliphatic rings. The Morgan fingerprint density at radius 1 is 1.29 bits per heavy atom. The van der Waals surface area contributed by atoms with E-state index in [9.17, 15) is 4.79 Å². The van der Waals surface area contributed by atoms with Gasteiger partial charge in [-0.1, -0.05) is 58.9 Å². The van der Waals surface area contributed by atoms with E-state index < -0.39 is 8.32 Å². The van der Waals surface area contributed by atoms with Crippen molar-refractivity contribution in [2.75, 3.05) is 0 Å². The van der Waals surface area contributed by atoms with E-state index in [1.54, 1.807) is 0 Å². The fourth-order valence-corrected chi connectivity index (χ4v) is 3.71. The highest BCUT2D eigenvalue weighted by Gasteiger charge is 2.41. The summed E-state index contributed by atoms with van der Waals surface area (Å²) >= 11 is 0. The van der Waals surface area contributed by atoms with Crippen LogP contribution < -0.4 is 0 Å². The first kappa shape index (κ1) is 20.3. The SMILES string of the molecule is C=C/C=C(\C)C[C@H](C)[C@H](O[Si](C)(C)C(C)(C)C)[C@H](C)C=O. The molecule has 21 heavy (non-hydrogen) atoms. The van der Waals surface area contributed by atoms with E-state index >= 15 is 0 Å². The number of aldehydes is 1. The molecule has 0 aliphatic carbocycles. The number of hydrogen-bond donors (Lipinski definition) is 0. The highest BCUT2D eigenvalue weighted by Crippen LogP contribution is 2.39. The smallest absolute Gasteiger partial charge is 0.192 e. The predicted molar refractivity (Wildman–Crippen MR) is 95.0 cm³/mol. The fraction of sp³-hybridized carbons (Fsp3) is 0.722. The Morgan fingerprint density at radius 3 is 2.19 bits per heavy atom. The number of carbonyl (C=O) groups is 1. The van der Waals surface area contributed by atoms with E-state index in [1.165, 1.54) is 5.57 Å². The quantitative estimate of drug-likeness (QED) is 0.342. The lowest BCUT2D eigenvalue weighted by Crippen LogP contribution is -2.47. The van der Waals surface area contributed by atoms with Gasteiger partial charge in [0.25, 0.3) is 0 Å². The highest BCUT2D eigenvalue weighted by atomic mass is 28.4. The maximum Gasteiger partial charge on any atom is 0.192 e. The molecule has 0 amide bonds. The molecule has 0 heterocycles. The van der Waals surface area contributed by atoms with Gasteiger partial charge in [0.15, 0.2) is 8.32 Å². The lowest BCUT2D eigenvalue weighted by Gasteiger charge is -2.42. The predicted octanol–water partition coefficient (Wildman–Crippen LogP) is 5.37. The Kier molecular flexibility index (Phi) is 7.83. The first-order chi connectivity index (χ1) is 9.46. The van der Waals surface area contributed by atoms with Crippen molar-refractivity contribution in [1.82, 2.24) is 0 Å². The zero-order valence-corrected chi connectivity index (χ0v) is 16.2. The molecule has 0 saturated carbocycles.